The average molecular weight is 371 g/mol. The minimum absolute atomic E-state index is 0.698. The van der Waals surface area contributed by atoms with Crippen molar-refractivity contribution in [2.75, 3.05) is 10.7 Å². The van der Waals surface area contributed by atoms with Crippen molar-refractivity contribution in [3.8, 4) is 11.1 Å². The highest BCUT2D eigenvalue weighted by Gasteiger charge is 2.17. The van der Waals surface area contributed by atoms with E-state index in [0.29, 0.717) is 5.96 Å². The van der Waals surface area contributed by atoms with Crippen molar-refractivity contribution < 1.29 is 0 Å². The number of anilines is 2. The van der Waals surface area contributed by atoms with Gasteiger partial charge in [0.15, 0.2) is 0 Å². The molecule has 0 radical (unpaired) electrons. The molecule has 3 N–H and O–H groups in total. The van der Waals surface area contributed by atoms with Crippen LogP contribution >= 0.6 is 0 Å². The van der Waals surface area contributed by atoms with Crippen LogP contribution in [0, 0.1) is 34.6 Å². The lowest BCUT2D eigenvalue weighted by Crippen LogP contribution is -2.37. The van der Waals surface area contributed by atoms with Crippen LogP contribution in [0.5, 0.6) is 0 Å². The van der Waals surface area contributed by atoms with E-state index >= 15 is 0 Å². The van der Waals surface area contributed by atoms with E-state index in [4.69, 9.17) is 4.99 Å². The second-order valence-electron chi connectivity index (χ2n) is 7.54. The minimum atomic E-state index is 0.698. The number of aliphatic imine (C=N–C) groups is 1. The second-order valence-corrected chi connectivity index (χ2v) is 7.54. The lowest BCUT2D eigenvalue weighted by Gasteiger charge is -2.23. The standard InChI is InChI=1S/C24H26N4/c1-14-8-7-11-20(18(14)5)25-24-26-23-17(4)12-19(13-21(23)27-28-24)22-15(2)9-6-10-16(22)3/h6-13,27H,1-5H3,(H2,25,26,28). The number of nitrogens with zero attached hydrogens (tertiary/aromatic N) is 1. The van der Waals surface area contributed by atoms with Crippen LogP contribution in [0.25, 0.3) is 11.1 Å². The van der Waals surface area contributed by atoms with Gasteiger partial charge in [-0.15, -0.1) is 0 Å². The Morgan fingerprint density at radius 3 is 2.18 bits per heavy atom. The van der Waals surface area contributed by atoms with E-state index < -0.39 is 0 Å². The summed E-state index contributed by atoms with van der Waals surface area (Å²) in [6.07, 6.45) is 0. The predicted molar refractivity (Wildman–Crippen MR) is 119 cm³/mol. The molecule has 28 heavy (non-hydrogen) atoms. The van der Waals surface area contributed by atoms with Gasteiger partial charge in [-0.05, 0) is 91.8 Å². The van der Waals surface area contributed by atoms with Crippen molar-refractivity contribution in [1.82, 2.24) is 5.43 Å². The number of rotatable bonds is 2. The topological polar surface area (TPSA) is 48.5 Å². The quantitative estimate of drug-likeness (QED) is 0.524. The number of hydrogen-bond donors (Lipinski definition) is 3. The molecule has 4 nitrogen and oxygen atoms in total. The molecule has 1 aliphatic heterocycles. The molecule has 3 aromatic rings. The first-order valence-electron chi connectivity index (χ1n) is 9.59. The van der Waals surface area contributed by atoms with Crippen LogP contribution in [0.15, 0.2) is 53.5 Å². The summed E-state index contributed by atoms with van der Waals surface area (Å²) in [4.78, 5) is 4.82. The maximum absolute atomic E-state index is 4.82. The number of benzene rings is 3. The second kappa shape index (κ2) is 7.04. The first-order valence-corrected chi connectivity index (χ1v) is 9.59. The molecule has 4 rings (SSSR count). The summed E-state index contributed by atoms with van der Waals surface area (Å²) in [5.74, 6) is 0.698. The SMILES string of the molecule is Cc1cccc(NC2=Nc3c(C)cc(-c4c(C)cccc4C)cc3NN2)c1C. The summed E-state index contributed by atoms with van der Waals surface area (Å²) in [5, 5.41) is 3.40. The lowest BCUT2D eigenvalue weighted by molar-refractivity contribution is 1.07. The van der Waals surface area contributed by atoms with Gasteiger partial charge in [0.2, 0.25) is 5.96 Å². The molecule has 0 aliphatic carbocycles. The van der Waals surface area contributed by atoms with Crippen LogP contribution in [0.1, 0.15) is 27.8 Å². The summed E-state index contributed by atoms with van der Waals surface area (Å²) in [6.45, 7) is 10.7. The normalized spacial score (nSPS) is 12.5. The van der Waals surface area contributed by atoms with Crippen molar-refractivity contribution >= 4 is 23.0 Å². The molecule has 3 aromatic carbocycles. The Labute approximate surface area is 166 Å². The monoisotopic (exact) mass is 370 g/mol. The van der Waals surface area contributed by atoms with Gasteiger partial charge in [0.1, 0.15) is 0 Å². The van der Waals surface area contributed by atoms with Crippen LogP contribution in [-0.2, 0) is 0 Å². The summed E-state index contributed by atoms with van der Waals surface area (Å²) in [7, 11) is 0. The summed E-state index contributed by atoms with van der Waals surface area (Å²) in [5.41, 5.74) is 18.2. The fourth-order valence-corrected chi connectivity index (χ4v) is 3.78. The van der Waals surface area contributed by atoms with Crippen molar-refractivity contribution in [3.05, 3.63) is 76.3 Å². The van der Waals surface area contributed by atoms with E-state index in [2.05, 4.69) is 99.3 Å². The van der Waals surface area contributed by atoms with E-state index in [1.165, 1.54) is 33.4 Å². The van der Waals surface area contributed by atoms with Gasteiger partial charge in [-0.1, -0.05) is 30.3 Å². The molecular formula is C24H26N4. The van der Waals surface area contributed by atoms with E-state index in [1.54, 1.807) is 0 Å². The largest absolute Gasteiger partial charge is 0.324 e. The van der Waals surface area contributed by atoms with Crippen molar-refractivity contribution in [1.29, 1.82) is 0 Å². The van der Waals surface area contributed by atoms with Gasteiger partial charge < -0.3 is 5.32 Å². The maximum Gasteiger partial charge on any atom is 0.220 e. The van der Waals surface area contributed by atoms with Crippen LogP contribution in [0.2, 0.25) is 0 Å². The molecule has 0 atom stereocenters. The third kappa shape index (κ3) is 3.22. The van der Waals surface area contributed by atoms with Crippen molar-refractivity contribution in [2.45, 2.75) is 34.6 Å². The van der Waals surface area contributed by atoms with Gasteiger partial charge in [0.25, 0.3) is 0 Å². The molecule has 1 heterocycles. The Kier molecular flexibility index (Phi) is 4.55. The first kappa shape index (κ1) is 18.1. The van der Waals surface area contributed by atoms with E-state index in [9.17, 15) is 0 Å². The molecule has 0 aromatic heterocycles. The smallest absolute Gasteiger partial charge is 0.220 e. The number of hydrazine groups is 1. The predicted octanol–water partition coefficient (Wildman–Crippen LogP) is 5.93. The van der Waals surface area contributed by atoms with Gasteiger partial charge in [0.05, 0.1) is 11.4 Å². The molecule has 0 fully saturated rings. The molecule has 1 aliphatic rings. The Morgan fingerprint density at radius 2 is 1.43 bits per heavy atom. The first-order chi connectivity index (χ1) is 13.4. The highest BCUT2D eigenvalue weighted by Crippen LogP contribution is 2.37. The number of nitrogens with one attached hydrogen (secondary N) is 3. The van der Waals surface area contributed by atoms with Gasteiger partial charge in [0, 0.05) is 5.69 Å². The molecule has 0 saturated carbocycles. The third-order valence-corrected chi connectivity index (χ3v) is 5.47. The van der Waals surface area contributed by atoms with Gasteiger partial charge >= 0.3 is 0 Å². The fraction of sp³-hybridized carbons (Fsp3) is 0.208. The summed E-state index contributed by atoms with van der Waals surface area (Å²) < 4.78 is 0. The molecule has 4 heteroatoms. The molecule has 142 valence electrons. The minimum Gasteiger partial charge on any atom is -0.324 e. The molecule has 0 spiro atoms. The van der Waals surface area contributed by atoms with E-state index in [0.717, 1.165) is 22.6 Å². The molecule has 0 unspecified atom stereocenters. The molecule has 0 amide bonds. The van der Waals surface area contributed by atoms with Gasteiger partial charge in [-0.3, -0.25) is 10.9 Å². The van der Waals surface area contributed by atoms with Crippen LogP contribution in [0.4, 0.5) is 17.1 Å². The van der Waals surface area contributed by atoms with Crippen molar-refractivity contribution in [2.24, 2.45) is 4.99 Å². The highest BCUT2D eigenvalue weighted by molar-refractivity contribution is 6.00. The maximum atomic E-state index is 4.82. The number of hydrogen-bond acceptors (Lipinski definition) is 4. The zero-order valence-corrected chi connectivity index (χ0v) is 17.1. The Bertz CT molecular complexity index is 1080. The highest BCUT2D eigenvalue weighted by atomic mass is 15.5. The van der Waals surface area contributed by atoms with E-state index in [-0.39, 0.29) is 0 Å². The van der Waals surface area contributed by atoms with E-state index in [1.807, 2.05) is 0 Å². The van der Waals surface area contributed by atoms with Crippen LogP contribution in [-0.4, -0.2) is 5.96 Å². The Hall–Kier alpha value is -3.27. The summed E-state index contributed by atoms with van der Waals surface area (Å²) in [6, 6.07) is 17.1. The molecule has 0 saturated heterocycles. The Morgan fingerprint density at radius 1 is 0.750 bits per heavy atom. The van der Waals surface area contributed by atoms with Gasteiger partial charge in [-0.2, -0.15) is 0 Å². The van der Waals surface area contributed by atoms with Crippen molar-refractivity contribution in [3.63, 3.8) is 0 Å². The zero-order valence-electron chi connectivity index (χ0n) is 17.1. The lowest BCUT2D eigenvalue weighted by atomic mass is 9.93. The average Bonchev–Trinajstić information content (AvgIpc) is 2.66. The zero-order chi connectivity index (χ0) is 19.8. The van der Waals surface area contributed by atoms with Gasteiger partial charge in [-0.25, -0.2) is 4.99 Å². The fourth-order valence-electron chi connectivity index (χ4n) is 3.78. The van der Waals surface area contributed by atoms with Crippen LogP contribution in [0.3, 0.4) is 0 Å². The number of fused-ring (bicyclic) bond motifs is 1. The Balaban J connectivity index is 1.71. The molecular weight excluding hydrogens is 344 g/mol. The summed E-state index contributed by atoms with van der Waals surface area (Å²) >= 11 is 0. The van der Waals surface area contributed by atoms with Crippen LogP contribution < -0.4 is 16.2 Å². The third-order valence-electron chi connectivity index (χ3n) is 5.47. The molecule has 0 bridgehead atoms. The number of aryl methyl sites for hydroxylation is 4. The number of guanidine groups is 1.